The minimum absolute atomic E-state index is 0.0782. The van der Waals surface area contributed by atoms with E-state index < -0.39 is 13.2 Å². The fourth-order valence-electron chi connectivity index (χ4n) is 5.51. The van der Waals surface area contributed by atoms with Crippen LogP contribution in [0.15, 0.2) is 30.3 Å². The van der Waals surface area contributed by atoms with Gasteiger partial charge in [-0.2, -0.15) is 0 Å². The largest absolute Gasteiger partial charge is 0.481 e. The number of amides is 1. The van der Waals surface area contributed by atoms with E-state index >= 15 is 0 Å². The van der Waals surface area contributed by atoms with E-state index in [-0.39, 0.29) is 29.0 Å². The molecule has 3 N–H and O–H groups in total. The SMILES string of the molecule is CCC(NC(=O)[C@@H](N)Cc1ccccc1)B1OC2CCC(C)(C)C(CC)C2(C)O1. The van der Waals surface area contributed by atoms with Gasteiger partial charge in [0.15, 0.2) is 0 Å². The summed E-state index contributed by atoms with van der Waals surface area (Å²) in [6.07, 6.45) is 4.51. The molecule has 3 rings (SSSR count). The molecular weight excluding hydrogens is 363 g/mol. The Labute approximate surface area is 176 Å². The van der Waals surface area contributed by atoms with Crippen LogP contribution < -0.4 is 11.1 Å². The Morgan fingerprint density at radius 3 is 2.59 bits per heavy atom. The van der Waals surface area contributed by atoms with E-state index in [1.807, 2.05) is 37.3 Å². The summed E-state index contributed by atoms with van der Waals surface area (Å²) >= 11 is 0. The van der Waals surface area contributed by atoms with Crippen LogP contribution >= 0.6 is 0 Å². The normalized spacial score (nSPS) is 30.5. The molecule has 0 bridgehead atoms. The van der Waals surface area contributed by atoms with Crippen molar-refractivity contribution in [2.75, 3.05) is 0 Å². The number of benzene rings is 1. The van der Waals surface area contributed by atoms with Crippen molar-refractivity contribution in [3.63, 3.8) is 0 Å². The molecule has 1 aromatic rings. The average molecular weight is 400 g/mol. The van der Waals surface area contributed by atoms with E-state index in [0.717, 1.165) is 31.2 Å². The molecular formula is C23H37BN2O3. The molecule has 0 aromatic heterocycles. The standard InChI is InChI=1S/C23H37BN2O3/c1-6-18-22(3,4)14-13-19-23(18,5)29-24(28-19)20(7-2)26-21(27)17(25)15-16-11-9-8-10-12-16/h8-12,17-20H,6-7,13-15,25H2,1-5H3,(H,26,27)/t17-,18?,19?,20?,23?/m0/s1. The highest BCUT2D eigenvalue weighted by Crippen LogP contribution is 2.53. The maximum atomic E-state index is 12.7. The Bertz CT molecular complexity index is 699. The Morgan fingerprint density at radius 2 is 1.97 bits per heavy atom. The van der Waals surface area contributed by atoms with Crippen LogP contribution in [0.4, 0.5) is 0 Å². The van der Waals surface area contributed by atoms with E-state index in [9.17, 15) is 4.79 Å². The molecule has 1 amide bonds. The first-order chi connectivity index (χ1) is 13.7. The van der Waals surface area contributed by atoms with Gasteiger partial charge in [0.25, 0.3) is 0 Å². The number of carbonyl (C=O) groups excluding carboxylic acids is 1. The number of nitrogens with one attached hydrogen (secondary N) is 1. The van der Waals surface area contributed by atoms with Gasteiger partial charge < -0.3 is 20.4 Å². The van der Waals surface area contributed by atoms with Crippen molar-refractivity contribution in [2.24, 2.45) is 17.1 Å². The smallest absolute Gasteiger partial charge is 0.404 e. The number of rotatable bonds is 7. The molecule has 2 fully saturated rings. The van der Waals surface area contributed by atoms with Crippen LogP contribution in [0.3, 0.4) is 0 Å². The molecule has 6 heteroatoms. The third-order valence-electron chi connectivity index (χ3n) is 7.13. The lowest BCUT2D eigenvalue weighted by atomic mass is 9.60. The second-order valence-corrected chi connectivity index (χ2v) is 9.60. The number of carbonyl (C=O) groups is 1. The lowest BCUT2D eigenvalue weighted by molar-refractivity contribution is -0.122. The minimum atomic E-state index is -0.590. The molecule has 1 aliphatic heterocycles. The van der Waals surface area contributed by atoms with Crippen LogP contribution in [0.25, 0.3) is 0 Å². The van der Waals surface area contributed by atoms with Gasteiger partial charge in [-0.1, -0.05) is 64.4 Å². The van der Waals surface area contributed by atoms with Crippen molar-refractivity contribution in [3.05, 3.63) is 35.9 Å². The van der Waals surface area contributed by atoms with E-state index in [1.54, 1.807) is 0 Å². The minimum Gasteiger partial charge on any atom is -0.404 e. The van der Waals surface area contributed by atoms with Gasteiger partial charge in [0.05, 0.1) is 23.7 Å². The first-order valence-corrected chi connectivity index (χ1v) is 11.1. The van der Waals surface area contributed by atoms with E-state index in [4.69, 9.17) is 15.0 Å². The zero-order chi connectivity index (χ0) is 21.2. The molecule has 29 heavy (non-hydrogen) atoms. The number of nitrogens with two attached hydrogens (primary N) is 1. The van der Waals surface area contributed by atoms with Gasteiger partial charge in [-0.25, -0.2) is 0 Å². The molecule has 5 atom stereocenters. The molecule has 4 unspecified atom stereocenters. The van der Waals surface area contributed by atoms with Crippen LogP contribution in [0.2, 0.25) is 0 Å². The van der Waals surface area contributed by atoms with Crippen molar-refractivity contribution in [1.29, 1.82) is 0 Å². The van der Waals surface area contributed by atoms with E-state index in [1.165, 1.54) is 0 Å². The third kappa shape index (κ3) is 4.55. The van der Waals surface area contributed by atoms with Crippen molar-refractivity contribution in [2.45, 2.75) is 90.4 Å². The van der Waals surface area contributed by atoms with Gasteiger partial charge in [-0.15, -0.1) is 0 Å². The zero-order valence-corrected chi connectivity index (χ0v) is 18.6. The predicted molar refractivity (Wildman–Crippen MR) is 117 cm³/mol. The topological polar surface area (TPSA) is 73.6 Å². The van der Waals surface area contributed by atoms with Gasteiger partial charge in [-0.3, -0.25) is 4.79 Å². The molecule has 160 valence electrons. The molecule has 1 aromatic carbocycles. The van der Waals surface area contributed by atoms with Gasteiger partial charge in [0.2, 0.25) is 5.91 Å². The Balaban J connectivity index is 1.65. The van der Waals surface area contributed by atoms with Crippen LogP contribution in [0.5, 0.6) is 0 Å². The predicted octanol–water partition coefficient (Wildman–Crippen LogP) is 3.50. The third-order valence-corrected chi connectivity index (χ3v) is 7.13. The fraction of sp³-hybridized carbons (Fsp3) is 0.696. The quantitative estimate of drug-likeness (QED) is 0.687. The zero-order valence-electron chi connectivity index (χ0n) is 18.6. The molecule has 0 radical (unpaired) electrons. The van der Waals surface area contributed by atoms with Crippen LogP contribution in [-0.4, -0.2) is 36.7 Å². The van der Waals surface area contributed by atoms with Crippen molar-refractivity contribution >= 4 is 13.0 Å². The van der Waals surface area contributed by atoms with Gasteiger partial charge >= 0.3 is 7.12 Å². The monoisotopic (exact) mass is 400 g/mol. The lowest BCUT2D eigenvalue weighted by Crippen LogP contribution is -2.55. The molecule has 1 heterocycles. The summed E-state index contributed by atoms with van der Waals surface area (Å²) in [7, 11) is -0.425. The van der Waals surface area contributed by atoms with E-state index in [2.05, 4.69) is 33.0 Å². The Kier molecular flexibility index (Phi) is 6.76. The maximum absolute atomic E-state index is 12.7. The summed E-state index contributed by atoms with van der Waals surface area (Å²) in [5.74, 6) is 0.0694. The highest BCUT2D eigenvalue weighted by molar-refractivity contribution is 6.47. The number of fused-ring (bicyclic) bond motifs is 1. The molecule has 2 aliphatic rings. The molecule has 0 spiro atoms. The first kappa shape index (κ1) is 22.3. The lowest BCUT2D eigenvalue weighted by Gasteiger charge is -2.51. The highest BCUT2D eigenvalue weighted by Gasteiger charge is 2.59. The van der Waals surface area contributed by atoms with Crippen molar-refractivity contribution < 1.29 is 14.1 Å². The summed E-state index contributed by atoms with van der Waals surface area (Å²) in [6.45, 7) is 11.1. The van der Waals surface area contributed by atoms with Crippen molar-refractivity contribution in [3.8, 4) is 0 Å². The number of hydrogen-bond donors (Lipinski definition) is 2. The summed E-state index contributed by atoms with van der Waals surface area (Å²) in [5, 5.41) is 3.10. The second kappa shape index (κ2) is 8.79. The molecule has 1 aliphatic carbocycles. The number of hydrogen-bond acceptors (Lipinski definition) is 4. The first-order valence-electron chi connectivity index (χ1n) is 11.1. The molecule has 5 nitrogen and oxygen atoms in total. The Morgan fingerprint density at radius 1 is 1.28 bits per heavy atom. The molecule has 1 saturated carbocycles. The average Bonchev–Trinajstić information content (AvgIpc) is 3.02. The highest BCUT2D eigenvalue weighted by atomic mass is 16.7. The van der Waals surface area contributed by atoms with Gasteiger partial charge in [0.1, 0.15) is 0 Å². The van der Waals surface area contributed by atoms with Crippen molar-refractivity contribution in [1.82, 2.24) is 5.32 Å². The summed E-state index contributed by atoms with van der Waals surface area (Å²) in [4.78, 5) is 12.7. The van der Waals surface area contributed by atoms with E-state index in [0.29, 0.717) is 12.3 Å². The summed E-state index contributed by atoms with van der Waals surface area (Å²) in [6, 6.07) is 9.28. The van der Waals surface area contributed by atoms with Gasteiger partial charge in [0, 0.05) is 0 Å². The maximum Gasteiger partial charge on any atom is 0.481 e. The fourth-order valence-corrected chi connectivity index (χ4v) is 5.51. The second-order valence-electron chi connectivity index (χ2n) is 9.60. The van der Waals surface area contributed by atoms with Crippen LogP contribution in [0, 0.1) is 11.3 Å². The van der Waals surface area contributed by atoms with Gasteiger partial charge in [-0.05, 0) is 49.5 Å². The van der Waals surface area contributed by atoms with Crippen LogP contribution in [0.1, 0.15) is 65.9 Å². The summed E-state index contributed by atoms with van der Waals surface area (Å²) < 4.78 is 12.9. The summed E-state index contributed by atoms with van der Waals surface area (Å²) in [5.41, 5.74) is 7.15. The Hall–Kier alpha value is -1.37. The molecule has 1 saturated heterocycles. The van der Waals surface area contributed by atoms with Crippen LogP contribution in [-0.2, 0) is 20.5 Å².